The number of furan rings is 1. The van der Waals surface area contributed by atoms with Crippen LogP contribution in [0.3, 0.4) is 0 Å². The van der Waals surface area contributed by atoms with E-state index in [-0.39, 0.29) is 24.1 Å². The number of halogens is 5. The average molecular weight is 494 g/mol. The van der Waals surface area contributed by atoms with Gasteiger partial charge in [-0.2, -0.15) is 13.2 Å². The number of alkyl halides is 3. The van der Waals surface area contributed by atoms with Crippen LogP contribution < -0.4 is 10.1 Å². The van der Waals surface area contributed by atoms with Crippen molar-refractivity contribution in [2.45, 2.75) is 26.4 Å². The number of carbonyl (C=O) groups excluding carboxylic acids is 1. The second-order valence-electron chi connectivity index (χ2n) is 7.70. The molecule has 4 rings (SSSR count). The minimum atomic E-state index is -4.52. The molecule has 4 aromatic rings. The average Bonchev–Trinajstić information content (AvgIpc) is 3.30. The zero-order valence-electron chi connectivity index (χ0n) is 18.7. The van der Waals surface area contributed by atoms with Crippen LogP contribution in [0.25, 0.3) is 11.1 Å². The number of nitrogens with one attached hydrogen (secondary N) is 1. The second kappa shape index (κ2) is 11.0. The summed E-state index contributed by atoms with van der Waals surface area (Å²) >= 11 is 0. The van der Waals surface area contributed by atoms with E-state index in [0.29, 0.717) is 18.5 Å². The van der Waals surface area contributed by atoms with Crippen LogP contribution in [0.5, 0.6) is 11.5 Å². The lowest BCUT2D eigenvalue weighted by molar-refractivity contribution is -0.137. The Bertz CT molecular complexity index is 1320. The van der Waals surface area contributed by atoms with Gasteiger partial charge in [-0.05, 0) is 49.6 Å². The highest BCUT2D eigenvalue weighted by atomic mass is 20.0. The van der Waals surface area contributed by atoms with E-state index in [1.165, 1.54) is 24.6 Å². The predicted octanol–water partition coefficient (Wildman–Crippen LogP) is 7.31. The molecule has 0 aliphatic heterocycles. The fourth-order valence-corrected chi connectivity index (χ4v) is 3.58. The van der Waals surface area contributed by atoms with E-state index in [4.69, 9.17) is 18.3 Å². The van der Waals surface area contributed by atoms with Gasteiger partial charge in [0.05, 0.1) is 18.0 Å². The van der Waals surface area contributed by atoms with Crippen LogP contribution in [0.1, 0.15) is 34.0 Å². The molecule has 2 heterocycles. The van der Waals surface area contributed by atoms with Gasteiger partial charge in [0.1, 0.15) is 16.8 Å². The van der Waals surface area contributed by atoms with Crippen LogP contribution in [-0.4, -0.2) is 17.4 Å². The van der Waals surface area contributed by atoms with Crippen LogP contribution in [0.15, 0.2) is 65.4 Å². The Morgan fingerprint density at radius 3 is 2.60 bits per heavy atom. The quantitative estimate of drug-likeness (QED) is 0.285. The molecule has 0 fully saturated rings. The van der Waals surface area contributed by atoms with E-state index in [1.54, 1.807) is 6.07 Å². The van der Waals surface area contributed by atoms with Gasteiger partial charge in [-0.3, -0.25) is 4.79 Å². The first-order chi connectivity index (χ1) is 16.7. The highest BCUT2D eigenvalue weighted by Gasteiger charge is 2.31. The fourth-order valence-electron chi connectivity index (χ4n) is 3.58. The molecular formula is C25H23F5N2O3. The number of rotatable bonds is 6. The summed E-state index contributed by atoms with van der Waals surface area (Å²) in [5.74, 6) is -0.535. The SMILES string of the molecule is Cc1ccc(CCNC(=O)c2c(Oc3cccc(C(F)(F)F)c3)cnc3ccoc23)c(C)c1.FF.[HH]. The zero-order valence-corrected chi connectivity index (χ0v) is 18.7. The summed E-state index contributed by atoms with van der Waals surface area (Å²) in [5, 5.41) is 2.85. The van der Waals surface area contributed by atoms with E-state index in [2.05, 4.69) is 16.4 Å². The molecule has 0 radical (unpaired) electrons. The molecule has 0 saturated carbocycles. The lowest BCUT2D eigenvalue weighted by atomic mass is 10.0. The Balaban J connectivity index is 0.00000148. The summed E-state index contributed by atoms with van der Waals surface area (Å²) in [5.41, 5.74) is 3.26. The highest BCUT2D eigenvalue weighted by Crippen LogP contribution is 2.35. The van der Waals surface area contributed by atoms with E-state index >= 15 is 0 Å². The number of carbonyl (C=O) groups is 1. The number of aromatic nitrogens is 1. The van der Waals surface area contributed by atoms with E-state index in [1.807, 2.05) is 26.0 Å². The molecule has 0 unspecified atom stereocenters. The molecule has 2 aromatic carbocycles. The molecule has 186 valence electrons. The van der Waals surface area contributed by atoms with Crippen LogP contribution in [-0.2, 0) is 12.6 Å². The molecule has 0 aliphatic carbocycles. The lowest BCUT2D eigenvalue weighted by Crippen LogP contribution is -2.26. The number of hydrogen-bond donors (Lipinski definition) is 1. The first-order valence-corrected chi connectivity index (χ1v) is 10.4. The molecule has 5 nitrogen and oxygen atoms in total. The van der Waals surface area contributed by atoms with Gasteiger partial charge in [-0.15, -0.1) is 0 Å². The molecule has 0 spiro atoms. The standard InChI is InChI=1S/C25H21F3N2O3.F2.H2/c1-15-6-7-17(16(2)12-15)8-10-29-24(31)22-21(14-30-20-9-11-32-23(20)22)33-19-5-3-4-18(13-19)25(26,27)28;1-2;/h3-7,9,11-14H,8,10H2,1-2H3,(H,29,31);;1H. The van der Waals surface area contributed by atoms with Gasteiger partial charge < -0.3 is 14.5 Å². The van der Waals surface area contributed by atoms with Crippen LogP contribution in [0, 0.1) is 13.8 Å². The van der Waals surface area contributed by atoms with Crippen molar-refractivity contribution in [1.29, 1.82) is 0 Å². The number of benzene rings is 2. The number of ether oxygens (including phenoxy) is 1. The molecule has 0 atom stereocenters. The number of amides is 1. The van der Waals surface area contributed by atoms with Gasteiger partial charge in [0.25, 0.3) is 5.91 Å². The van der Waals surface area contributed by atoms with E-state index < -0.39 is 17.6 Å². The normalized spacial score (nSPS) is 11.1. The number of pyridine rings is 1. The molecule has 0 aliphatic rings. The molecule has 10 heteroatoms. The highest BCUT2D eigenvalue weighted by molar-refractivity contribution is 6.06. The van der Waals surface area contributed by atoms with Gasteiger partial charge in [-0.1, -0.05) is 29.8 Å². The second-order valence-corrected chi connectivity index (χ2v) is 7.70. The maximum Gasteiger partial charge on any atom is 0.416 e. The zero-order chi connectivity index (χ0) is 25.6. The molecule has 1 amide bonds. The first kappa shape index (κ1) is 25.7. The minimum absolute atomic E-state index is 0. The molecule has 2 aromatic heterocycles. The van der Waals surface area contributed by atoms with Crippen molar-refractivity contribution in [2.24, 2.45) is 0 Å². The third kappa shape index (κ3) is 6.14. The summed E-state index contributed by atoms with van der Waals surface area (Å²) in [6, 6.07) is 12.1. The van der Waals surface area contributed by atoms with Crippen molar-refractivity contribution >= 4 is 17.0 Å². The van der Waals surface area contributed by atoms with Crippen molar-refractivity contribution in [3.63, 3.8) is 0 Å². The Hall–Kier alpha value is -3.95. The van der Waals surface area contributed by atoms with Gasteiger partial charge in [0.15, 0.2) is 11.3 Å². The molecule has 35 heavy (non-hydrogen) atoms. The van der Waals surface area contributed by atoms with Crippen molar-refractivity contribution in [2.75, 3.05) is 6.54 Å². The van der Waals surface area contributed by atoms with Gasteiger partial charge in [-0.25, -0.2) is 4.98 Å². The molecule has 0 bridgehead atoms. The monoisotopic (exact) mass is 494 g/mol. The van der Waals surface area contributed by atoms with E-state index in [9.17, 15) is 18.0 Å². The summed E-state index contributed by atoms with van der Waals surface area (Å²) in [4.78, 5) is 17.2. The van der Waals surface area contributed by atoms with Gasteiger partial charge in [0.2, 0.25) is 0 Å². The topological polar surface area (TPSA) is 64.4 Å². The lowest BCUT2D eigenvalue weighted by Gasteiger charge is -2.13. The molecule has 0 saturated heterocycles. The van der Waals surface area contributed by atoms with Crippen molar-refractivity contribution in [1.82, 2.24) is 10.3 Å². The summed E-state index contributed by atoms with van der Waals surface area (Å²) in [6.45, 7) is 4.39. The maximum absolute atomic E-state index is 13.1. The summed E-state index contributed by atoms with van der Waals surface area (Å²) in [7, 11) is 0. The van der Waals surface area contributed by atoms with Crippen molar-refractivity contribution < 1.29 is 37.7 Å². The number of aryl methyl sites for hydroxylation is 2. The summed E-state index contributed by atoms with van der Waals surface area (Å²) in [6.07, 6.45) is -1.21. The Labute approximate surface area is 198 Å². The fraction of sp³-hybridized carbons (Fsp3) is 0.200. The number of nitrogens with zero attached hydrogens (tertiary/aromatic N) is 1. The third-order valence-corrected chi connectivity index (χ3v) is 5.23. The maximum atomic E-state index is 13.1. The predicted molar refractivity (Wildman–Crippen MR) is 122 cm³/mol. The van der Waals surface area contributed by atoms with Crippen molar-refractivity contribution in [3.8, 4) is 11.5 Å². The first-order valence-electron chi connectivity index (χ1n) is 10.4. The largest absolute Gasteiger partial charge is 0.462 e. The van der Waals surface area contributed by atoms with Crippen molar-refractivity contribution in [3.05, 3.63) is 88.8 Å². The molecule has 1 N–H and O–H groups in total. The van der Waals surface area contributed by atoms with Gasteiger partial charge in [0, 0.05) is 23.2 Å². The number of hydrogen-bond acceptors (Lipinski definition) is 4. The Morgan fingerprint density at radius 2 is 1.89 bits per heavy atom. The Morgan fingerprint density at radius 1 is 1.11 bits per heavy atom. The van der Waals surface area contributed by atoms with Crippen LogP contribution in [0.4, 0.5) is 22.3 Å². The smallest absolute Gasteiger partial charge is 0.416 e. The number of fused-ring (bicyclic) bond motifs is 1. The minimum Gasteiger partial charge on any atom is -0.462 e. The molecular weight excluding hydrogens is 471 g/mol. The van der Waals surface area contributed by atoms with Gasteiger partial charge >= 0.3 is 6.18 Å². The van der Waals surface area contributed by atoms with Crippen LogP contribution >= 0.6 is 0 Å². The Kier molecular flexibility index (Phi) is 8.06. The van der Waals surface area contributed by atoms with Crippen LogP contribution in [0.2, 0.25) is 0 Å². The van der Waals surface area contributed by atoms with E-state index in [0.717, 1.165) is 28.8 Å². The summed E-state index contributed by atoms with van der Waals surface area (Å²) < 4.78 is 66.3. The third-order valence-electron chi connectivity index (χ3n) is 5.23.